The normalized spacial score (nSPS) is 29.1. The van der Waals surface area contributed by atoms with Crippen LogP contribution in [0.15, 0.2) is 0 Å². The summed E-state index contributed by atoms with van der Waals surface area (Å²) < 4.78 is 0. The van der Waals surface area contributed by atoms with Crippen molar-refractivity contribution in [1.29, 1.82) is 0 Å². The van der Waals surface area contributed by atoms with Crippen molar-refractivity contribution in [2.24, 2.45) is 21.7 Å². The number of hydrogen-bond donors (Lipinski definition) is 1. The molecule has 1 aliphatic heterocycles. The van der Waals surface area contributed by atoms with Crippen LogP contribution in [0.4, 0.5) is 0 Å². The molecule has 2 atom stereocenters. The number of rotatable bonds is 6. The Morgan fingerprint density at radius 3 is 1.58 bits per heavy atom. The lowest BCUT2D eigenvalue weighted by Gasteiger charge is -2.57. The molecule has 138 valence electrons. The second-order valence-corrected chi connectivity index (χ2v) is 8.91. The van der Waals surface area contributed by atoms with Crippen molar-refractivity contribution in [1.82, 2.24) is 4.90 Å². The van der Waals surface area contributed by atoms with Crippen molar-refractivity contribution in [2.45, 2.75) is 74.7 Å². The van der Waals surface area contributed by atoms with Crippen LogP contribution in [-0.2, 0) is 14.4 Å². The van der Waals surface area contributed by atoms with Gasteiger partial charge >= 0.3 is 5.97 Å². The average molecular weight is 339 g/mol. The number of amides is 2. The standard InChI is InChI=1S/C19H33NO4/c1-9-16(3,4)18(7)12-19(8,17(5,6)10-2)15(24)20(14(18)23)11-13(21)22/h9-12H2,1-8H3,(H,21,22). The minimum atomic E-state index is -1.16. The van der Waals surface area contributed by atoms with Crippen LogP contribution in [0.1, 0.15) is 74.7 Å². The van der Waals surface area contributed by atoms with E-state index in [9.17, 15) is 19.5 Å². The quantitative estimate of drug-likeness (QED) is 0.749. The van der Waals surface area contributed by atoms with Gasteiger partial charge in [0.25, 0.3) is 0 Å². The number of carboxylic acid groups (broad SMARTS) is 1. The number of aliphatic carboxylic acids is 1. The van der Waals surface area contributed by atoms with Crippen molar-refractivity contribution in [2.75, 3.05) is 6.54 Å². The first kappa shape index (κ1) is 20.7. The van der Waals surface area contributed by atoms with E-state index in [0.717, 1.165) is 17.7 Å². The minimum absolute atomic E-state index is 0.341. The second kappa shape index (κ2) is 6.16. The van der Waals surface area contributed by atoms with E-state index in [1.165, 1.54) is 0 Å². The van der Waals surface area contributed by atoms with Gasteiger partial charge in [0.2, 0.25) is 11.8 Å². The summed E-state index contributed by atoms with van der Waals surface area (Å²) in [5.41, 5.74) is -2.25. The van der Waals surface area contributed by atoms with Crippen molar-refractivity contribution in [3.8, 4) is 0 Å². The molecule has 0 spiro atoms. The van der Waals surface area contributed by atoms with E-state index in [1.54, 1.807) is 0 Å². The van der Waals surface area contributed by atoms with Gasteiger partial charge in [-0.05, 0) is 30.1 Å². The number of nitrogens with zero attached hydrogens (tertiary/aromatic N) is 1. The van der Waals surface area contributed by atoms with Crippen LogP contribution in [0, 0.1) is 21.7 Å². The minimum Gasteiger partial charge on any atom is -0.480 e. The van der Waals surface area contributed by atoms with Gasteiger partial charge in [0.05, 0.1) is 10.8 Å². The zero-order chi connectivity index (χ0) is 19.1. The van der Waals surface area contributed by atoms with Crippen LogP contribution in [0.2, 0.25) is 0 Å². The Bertz CT molecular complexity index is 512. The lowest BCUT2D eigenvalue weighted by molar-refractivity contribution is -0.185. The monoisotopic (exact) mass is 339 g/mol. The zero-order valence-corrected chi connectivity index (χ0v) is 16.4. The van der Waals surface area contributed by atoms with E-state index in [2.05, 4.69) is 0 Å². The lowest BCUT2D eigenvalue weighted by Crippen LogP contribution is -2.65. The average Bonchev–Trinajstić information content (AvgIpc) is 2.48. The molecular formula is C19H33NO4. The molecule has 5 heteroatoms. The topological polar surface area (TPSA) is 74.7 Å². The maximum Gasteiger partial charge on any atom is 0.323 e. The summed E-state index contributed by atoms with van der Waals surface area (Å²) in [5.74, 6) is -1.87. The third-order valence-corrected chi connectivity index (χ3v) is 7.19. The molecule has 0 aliphatic carbocycles. The van der Waals surface area contributed by atoms with Gasteiger partial charge in [0.15, 0.2) is 0 Å². The maximum absolute atomic E-state index is 13.1. The summed E-state index contributed by atoms with van der Waals surface area (Å²) >= 11 is 0. The number of carboxylic acids is 1. The highest BCUT2D eigenvalue weighted by molar-refractivity contribution is 6.05. The van der Waals surface area contributed by atoms with E-state index in [4.69, 9.17) is 0 Å². The predicted octanol–water partition coefficient (Wildman–Crippen LogP) is 3.71. The molecule has 24 heavy (non-hydrogen) atoms. The van der Waals surface area contributed by atoms with Gasteiger partial charge in [-0.15, -0.1) is 0 Å². The van der Waals surface area contributed by atoms with Crippen LogP contribution in [-0.4, -0.2) is 34.3 Å². The summed E-state index contributed by atoms with van der Waals surface area (Å²) in [4.78, 5) is 38.5. The smallest absolute Gasteiger partial charge is 0.323 e. The molecule has 0 saturated carbocycles. The van der Waals surface area contributed by atoms with Gasteiger partial charge in [0.1, 0.15) is 6.54 Å². The molecule has 0 bridgehead atoms. The predicted molar refractivity (Wildman–Crippen MR) is 93.3 cm³/mol. The Hall–Kier alpha value is -1.39. The fourth-order valence-electron chi connectivity index (χ4n) is 3.66. The van der Waals surface area contributed by atoms with Crippen molar-refractivity contribution in [3.63, 3.8) is 0 Å². The first-order valence-electron chi connectivity index (χ1n) is 8.78. The largest absolute Gasteiger partial charge is 0.480 e. The summed E-state index contributed by atoms with van der Waals surface area (Å²) in [7, 11) is 0. The fraction of sp³-hybridized carbons (Fsp3) is 0.842. The van der Waals surface area contributed by atoms with Crippen molar-refractivity contribution < 1.29 is 19.5 Å². The van der Waals surface area contributed by atoms with Crippen LogP contribution in [0.25, 0.3) is 0 Å². The lowest BCUT2D eigenvalue weighted by atomic mass is 9.50. The highest BCUT2D eigenvalue weighted by Crippen LogP contribution is 2.59. The van der Waals surface area contributed by atoms with Crippen molar-refractivity contribution >= 4 is 17.8 Å². The van der Waals surface area contributed by atoms with Gasteiger partial charge in [0, 0.05) is 0 Å². The number of likely N-dealkylation sites (tertiary alicyclic amines) is 1. The third kappa shape index (κ3) is 2.86. The molecule has 1 rings (SSSR count). The number of piperidine rings is 1. The second-order valence-electron chi connectivity index (χ2n) is 8.91. The molecule has 1 aliphatic rings. The molecule has 5 nitrogen and oxygen atoms in total. The Balaban J connectivity index is 3.59. The highest BCUT2D eigenvalue weighted by atomic mass is 16.4. The molecule has 1 saturated heterocycles. The molecule has 0 aromatic carbocycles. The van der Waals surface area contributed by atoms with E-state index in [-0.39, 0.29) is 22.6 Å². The van der Waals surface area contributed by atoms with Crippen LogP contribution in [0.3, 0.4) is 0 Å². The zero-order valence-electron chi connectivity index (χ0n) is 16.4. The summed E-state index contributed by atoms with van der Waals surface area (Å²) in [6.07, 6.45) is 1.98. The maximum atomic E-state index is 13.1. The van der Waals surface area contributed by atoms with Gasteiger partial charge in [-0.2, -0.15) is 0 Å². The molecule has 1 heterocycles. The van der Waals surface area contributed by atoms with E-state index in [1.807, 2.05) is 55.4 Å². The Morgan fingerprint density at radius 1 is 1.00 bits per heavy atom. The first-order chi connectivity index (χ1) is 10.7. The molecule has 2 unspecified atom stereocenters. The summed E-state index contributed by atoms with van der Waals surface area (Å²) in [6.45, 7) is 15.4. The molecule has 0 radical (unpaired) electrons. The molecule has 1 fully saturated rings. The Kier molecular flexibility index (Phi) is 5.30. The first-order valence-corrected chi connectivity index (χ1v) is 8.78. The molecule has 0 aromatic heterocycles. The number of carbonyl (C=O) groups excluding carboxylic acids is 2. The van der Waals surface area contributed by atoms with Crippen LogP contribution < -0.4 is 0 Å². The van der Waals surface area contributed by atoms with E-state index in [0.29, 0.717) is 6.42 Å². The van der Waals surface area contributed by atoms with Gasteiger partial charge in [-0.1, -0.05) is 55.4 Å². The van der Waals surface area contributed by atoms with Crippen molar-refractivity contribution in [3.05, 3.63) is 0 Å². The highest BCUT2D eigenvalue weighted by Gasteiger charge is 2.63. The Morgan fingerprint density at radius 2 is 1.33 bits per heavy atom. The number of carbonyl (C=O) groups is 3. The summed E-state index contributed by atoms with van der Waals surface area (Å²) in [5, 5.41) is 9.22. The molecule has 0 aromatic rings. The molecule has 1 N–H and O–H groups in total. The van der Waals surface area contributed by atoms with E-state index < -0.39 is 23.3 Å². The summed E-state index contributed by atoms with van der Waals surface area (Å²) in [6, 6.07) is 0. The van der Waals surface area contributed by atoms with Gasteiger partial charge in [-0.25, -0.2) is 0 Å². The number of imide groups is 1. The van der Waals surface area contributed by atoms with Crippen LogP contribution >= 0.6 is 0 Å². The van der Waals surface area contributed by atoms with Gasteiger partial charge < -0.3 is 5.11 Å². The molecular weight excluding hydrogens is 306 g/mol. The van der Waals surface area contributed by atoms with E-state index >= 15 is 0 Å². The molecule has 2 amide bonds. The van der Waals surface area contributed by atoms with Gasteiger partial charge in [-0.3, -0.25) is 19.3 Å². The Labute approximate surface area is 145 Å². The SMILES string of the molecule is CCC(C)(C)C1(C)CC(C)(C(C)(C)CC)C(=O)N(CC(=O)O)C1=O. The fourth-order valence-corrected chi connectivity index (χ4v) is 3.66. The van der Waals surface area contributed by atoms with Crippen LogP contribution in [0.5, 0.6) is 0 Å². The number of hydrogen-bond acceptors (Lipinski definition) is 3. The third-order valence-electron chi connectivity index (χ3n) is 7.19.